The number of nitrogen functional groups attached to an aromatic ring is 1. The summed E-state index contributed by atoms with van der Waals surface area (Å²) in [6.45, 7) is 3.63. The molecule has 1 atom stereocenters. The van der Waals surface area contributed by atoms with Crippen LogP contribution in [-0.4, -0.2) is 43.9 Å². The Labute approximate surface area is 115 Å². The number of hydrogen-bond acceptors (Lipinski definition) is 4. The Morgan fingerprint density at radius 3 is 2.74 bits per heavy atom. The van der Waals surface area contributed by atoms with E-state index < -0.39 is 0 Å². The highest BCUT2D eigenvalue weighted by Crippen LogP contribution is 2.25. The fraction of sp³-hybridized carbons (Fsp3) is 0.533. The molecule has 0 aromatic heterocycles. The summed E-state index contributed by atoms with van der Waals surface area (Å²) in [5, 5.41) is 0. The molecule has 0 radical (unpaired) electrons. The van der Waals surface area contributed by atoms with E-state index in [4.69, 9.17) is 5.73 Å². The third-order valence-electron chi connectivity index (χ3n) is 3.91. The van der Waals surface area contributed by atoms with Gasteiger partial charge in [-0.25, -0.2) is 0 Å². The van der Waals surface area contributed by atoms with E-state index in [1.807, 2.05) is 18.2 Å². The van der Waals surface area contributed by atoms with Crippen LogP contribution < -0.4 is 10.6 Å². The van der Waals surface area contributed by atoms with Crippen molar-refractivity contribution in [1.29, 1.82) is 0 Å². The number of Topliss-reactive ketones (excluding diaryl/α,β-unsaturated/α-hetero) is 1. The highest BCUT2D eigenvalue weighted by Gasteiger charge is 2.22. The molecule has 19 heavy (non-hydrogen) atoms. The van der Waals surface area contributed by atoms with Gasteiger partial charge in [0.15, 0.2) is 5.78 Å². The number of ketones is 1. The smallest absolute Gasteiger partial charge is 0.161 e. The SMILES string of the molecule is CC(=O)c1ccc(N2CCCC(N(C)C)C2)cc1N. The Kier molecular flexibility index (Phi) is 4.10. The summed E-state index contributed by atoms with van der Waals surface area (Å²) in [6, 6.07) is 6.36. The molecule has 2 rings (SSSR count). The van der Waals surface area contributed by atoms with Gasteiger partial charge >= 0.3 is 0 Å². The number of nitrogens with zero attached hydrogens (tertiary/aromatic N) is 2. The molecular formula is C15H23N3O. The summed E-state index contributed by atoms with van der Waals surface area (Å²) in [4.78, 5) is 16.0. The van der Waals surface area contributed by atoms with E-state index >= 15 is 0 Å². The monoisotopic (exact) mass is 261 g/mol. The first-order chi connectivity index (χ1) is 8.99. The molecule has 1 aromatic rings. The van der Waals surface area contributed by atoms with Gasteiger partial charge in [-0.3, -0.25) is 4.79 Å². The summed E-state index contributed by atoms with van der Waals surface area (Å²) in [7, 11) is 4.25. The standard InChI is InChI=1S/C15H23N3O/c1-11(19)14-7-6-12(9-15(14)16)18-8-4-5-13(10-18)17(2)3/h6-7,9,13H,4-5,8,10,16H2,1-3H3. The van der Waals surface area contributed by atoms with Gasteiger partial charge in [0.05, 0.1) is 0 Å². The van der Waals surface area contributed by atoms with Crippen molar-refractivity contribution in [2.24, 2.45) is 0 Å². The van der Waals surface area contributed by atoms with E-state index in [9.17, 15) is 4.79 Å². The Morgan fingerprint density at radius 2 is 2.16 bits per heavy atom. The zero-order valence-electron chi connectivity index (χ0n) is 12.0. The van der Waals surface area contributed by atoms with Crippen LogP contribution in [0.15, 0.2) is 18.2 Å². The van der Waals surface area contributed by atoms with Gasteiger partial charge in [0.2, 0.25) is 0 Å². The van der Waals surface area contributed by atoms with Crippen LogP contribution in [0.25, 0.3) is 0 Å². The largest absolute Gasteiger partial charge is 0.398 e. The molecular weight excluding hydrogens is 238 g/mol. The van der Waals surface area contributed by atoms with Gasteiger partial charge in [-0.1, -0.05) is 0 Å². The molecule has 1 aliphatic rings. The molecule has 1 aliphatic heterocycles. The number of likely N-dealkylation sites (N-methyl/N-ethyl adjacent to an activating group) is 1. The normalized spacial score (nSPS) is 19.8. The van der Waals surface area contributed by atoms with Gasteiger partial charge in [-0.15, -0.1) is 0 Å². The number of carbonyl (C=O) groups is 1. The predicted octanol–water partition coefficient (Wildman–Crippen LogP) is 2.00. The number of piperidine rings is 1. The van der Waals surface area contributed by atoms with Gasteiger partial charge in [0, 0.05) is 36.1 Å². The van der Waals surface area contributed by atoms with Crippen molar-refractivity contribution < 1.29 is 4.79 Å². The zero-order valence-corrected chi connectivity index (χ0v) is 12.0. The van der Waals surface area contributed by atoms with Crippen LogP contribution in [0.2, 0.25) is 0 Å². The Bertz CT molecular complexity index is 470. The molecule has 2 N–H and O–H groups in total. The van der Waals surface area contributed by atoms with E-state index in [2.05, 4.69) is 23.9 Å². The molecule has 0 amide bonds. The molecule has 1 unspecified atom stereocenters. The lowest BCUT2D eigenvalue weighted by Gasteiger charge is -2.37. The minimum Gasteiger partial charge on any atom is -0.398 e. The second kappa shape index (κ2) is 5.61. The summed E-state index contributed by atoms with van der Waals surface area (Å²) in [6.07, 6.45) is 2.43. The topological polar surface area (TPSA) is 49.6 Å². The van der Waals surface area contributed by atoms with Crippen molar-refractivity contribution in [1.82, 2.24) is 4.90 Å². The number of anilines is 2. The van der Waals surface area contributed by atoms with Gasteiger partial charge in [0.1, 0.15) is 0 Å². The lowest BCUT2D eigenvalue weighted by Crippen LogP contribution is -2.45. The van der Waals surface area contributed by atoms with Crippen molar-refractivity contribution in [2.75, 3.05) is 37.8 Å². The van der Waals surface area contributed by atoms with Crippen LogP contribution in [0.1, 0.15) is 30.1 Å². The number of hydrogen-bond donors (Lipinski definition) is 1. The molecule has 4 nitrogen and oxygen atoms in total. The van der Waals surface area contributed by atoms with Crippen molar-refractivity contribution in [2.45, 2.75) is 25.8 Å². The molecule has 0 bridgehead atoms. The van der Waals surface area contributed by atoms with Gasteiger partial charge in [0.25, 0.3) is 0 Å². The molecule has 1 aromatic carbocycles. The lowest BCUT2D eigenvalue weighted by atomic mass is 10.0. The summed E-state index contributed by atoms with van der Waals surface area (Å²) in [5.74, 6) is 0.0221. The van der Waals surface area contributed by atoms with Gasteiger partial charge < -0.3 is 15.5 Å². The molecule has 104 valence electrons. The second-order valence-corrected chi connectivity index (χ2v) is 5.53. The number of benzene rings is 1. The van der Waals surface area contributed by atoms with E-state index in [-0.39, 0.29) is 5.78 Å². The Hall–Kier alpha value is -1.55. The third-order valence-corrected chi connectivity index (χ3v) is 3.91. The van der Waals surface area contributed by atoms with Crippen LogP contribution in [-0.2, 0) is 0 Å². The number of carbonyl (C=O) groups excluding carboxylic acids is 1. The van der Waals surface area contributed by atoms with E-state index in [0.29, 0.717) is 17.3 Å². The maximum absolute atomic E-state index is 11.4. The molecule has 1 heterocycles. The summed E-state index contributed by atoms with van der Waals surface area (Å²) < 4.78 is 0. The molecule has 0 aliphatic carbocycles. The van der Waals surface area contributed by atoms with E-state index in [1.165, 1.54) is 12.8 Å². The predicted molar refractivity (Wildman–Crippen MR) is 79.8 cm³/mol. The maximum atomic E-state index is 11.4. The summed E-state index contributed by atoms with van der Waals surface area (Å²) in [5.41, 5.74) is 8.28. The summed E-state index contributed by atoms with van der Waals surface area (Å²) >= 11 is 0. The highest BCUT2D eigenvalue weighted by molar-refractivity contribution is 5.99. The average Bonchev–Trinajstić information content (AvgIpc) is 2.38. The van der Waals surface area contributed by atoms with E-state index in [1.54, 1.807) is 6.92 Å². The lowest BCUT2D eigenvalue weighted by molar-refractivity contribution is 0.101. The molecule has 0 spiro atoms. The second-order valence-electron chi connectivity index (χ2n) is 5.53. The van der Waals surface area contributed by atoms with Gasteiger partial charge in [-0.2, -0.15) is 0 Å². The molecule has 1 fully saturated rings. The van der Waals surface area contributed by atoms with Crippen molar-refractivity contribution in [3.8, 4) is 0 Å². The van der Waals surface area contributed by atoms with Crippen molar-refractivity contribution in [3.63, 3.8) is 0 Å². The van der Waals surface area contributed by atoms with Crippen LogP contribution >= 0.6 is 0 Å². The average molecular weight is 261 g/mol. The van der Waals surface area contributed by atoms with E-state index in [0.717, 1.165) is 18.8 Å². The molecule has 1 saturated heterocycles. The van der Waals surface area contributed by atoms with Crippen LogP contribution in [0.5, 0.6) is 0 Å². The first kappa shape index (κ1) is 13.9. The van der Waals surface area contributed by atoms with Gasteiger partial charge in [-0.05, 0) is 52.1 Å². The molecule has 0 saturated carbocycles. The first-order valence-corrected chi connectivity index (χ1v) is 6.81. The fourth-order valence-electron chi connectivity index (χ4n) is 2.68. The third kappa shape index (κ3) is 3.07. The zero-order chi connectivity index (χ0) is 14.0. The number of rotatable bonds is 3. The Morgan fingerprint density at radius 1 is 1.42 bits per heavy atom. The fourth-order valence-corrected chi connectivity index (χ4v) is 2.68. The van der Waals surface area contributed by atoms with Crippen molar-refractivity contribution >= 4 is 17.2 Å². The Balaban J connectivity index is 2.18. The minimum atomic E-state index is 0.0221. The maximum Gasteiger partial charge on any atom is 0.161 e. The van der Waals surface area contributed by atoms with Crippen molar-refractivity contribution in [3.05, 3.63) is 23.8 Å². The highest BCUT2D eigenvalue weighted by atomic mass is 16.1. The minimum absolute atomic E-state index is 0.0221. The number of nitrogens with two attached hydrogens (primary N) is 1. The van der Waals surface area contributed by atoms with Crippen LogP contribution in [0, 0.1) is 0 Å². The van der Waals surface area contributed by atoms with Crippen LogP contribution in [0.3, 0.4) is 0 Å². The molecule has 4 heteroatoms. The first-order valence-electron chi connectivity index (χ1n) is 6.81. The van der Waals surface area contributed by atoms with Crippen LogP contribution in [0.4, 0.5) is 11.4 Å². The quantitative estimate of drug-likeness (QED) is 0.668.